The average molecular weight is 483 g/mol. The van der Waals surface area contributed by atoms with Gasteiger partial charge in [-0.2, -0.15) is 0 Å². The third kappa shape index (κ3) is 5.05. The van der Waals surface area contributed by atoms with Crippen LogP contribution in [0.1, 0.15) is 31.9 Å². The van der Waals surface area contributed by atoms with Gasteiger partial charge in [-0.15, -0.1) is 0 Å². The van der Waals surface area contributed by atoms with Gasteiger partial charge in [0.15, 0.2) is 5.16 Å². The molecule has 7 nitrogen and oxygen atoms in total. The Balaban J connectivity index is 1.51. The molecule has 0 bridgehead atoms. The number of nitrogens with two attached hydrogens (primary N) is 1. The summed E-state index contributed by atoms with van der Waals surface area (Å²) in [7, 11) is -3.81. The maximum atomic E-state index is 12.7. The molecule has 0 aliphatic rings. The highest BCUT2D eigenvalue weighted by molar-refractivity contribution is 7.99. The molecule has 1 unspecified atom stereocenters. The number of primary sulfonamides is 1. The molecule has 1 heterocycles. The standard InChI is InChI=1S/C24H26N4O3S2/c1-3-13-28-22-12-11-18(33(25,30)31)14-21(22)27-24(28)32-15-23(29)26-16(2)19-10-6-8-17-7-4-5-9-20(17)19/h4-12,14,16H,3,13,15H2,1-2H3,(H,26,29)(H2,25,30,31). The normalized spacial score (nSPS) is 12.8. The highest BCUT2D eigenvalue weighted by Gasteiger charge is 2.17. The van der Waals surface area contributed by atoms with Crippen molar-refractivity contribution in [2.24, 2.45) is 5.14 Å². The zero-order valence-corrected chi connectivity index (χ0v) is 20.1. The number of rotatable bonds is 8. The topological polar surface area (TPSA) is 107 Å². The van der Waals surface area contributed by atoms with Crippen LogP contribution in [-0.2, 0) is 21.4 Å². The minimum atomic E-state index is -3.81. The van der Waals surface area contributed by atoms with Crippen LogP contribution in [0.3, 0.4) is 0 Å². The summed E-state index contributed by atoms with van der Waals surface area (Å²) < 4.78 is 25.4. The lowest BCUT2D eigenvalue weighted by Crippen LogP contribution is -2.28. The first kappa shape index (κ1) is 23.3. The molecule has 1 amide bonds. The quantitative estimate of drug-likeness (QED) is 0.366. The van der Waals surface area contributed by atoms with Gasteiger partial charge in [-0.25, -0.2) is 18.5 Å². The van der Waals surface area contributed by atoms with E-state index in [9.17, 15) is 13.2 Å². The summed E-state index contributed by atoms with van der Waals surface area (Å²) in [6, 6.07) is 18.7. The molecule has 172 valence electrons. The van der Waals surface area contributed by atoms with Crippen molar-refractivity contribution < 1.29 is 13.2 Å². The summed E-state index contributed by atoms with van der Waals surface area (Å²) in [4.78, 5) is 17.3. The first-order chi connectivity index (χ1) is 15.8. The van der Waals surface area contributed by atoms with Crippen molar-refractivity contribution in [2.45, 2.75) is 42.9 Å². The van der Waals surface area contributed by atoms with E-state index in [1.807, 2.05) is 35.8 Å². The molecule has 9 heteroatoms. The van der Waals surface area contributed by atoms with Crippen LogP contribution in [0.25, 0.3) is 21.8 Å². The van der Waals surface area contributed by atoms with Crippen molar-refractivity contribution in [3.05, 3.63) is 66.2 Å². The molecule has 0 fully saturated rings. The van der Waals surface area contributed by atoms with Crippen LogP contribution in [0.15, 0.2) is 70.7 Å². The van der Waals surface area contributed by atoms with E-state index >= 15 is 0 Å². The number of hydrogen-bond donors (Lipinski definition) is 2. The Labute approximate surface area is 197 Å². The van der Waals surface area contributed by atoms with Gasteiger partial charge in [-0.05, 0) is 47.9 Å². The van der Waals surface area contributed by atoms with Gasteiger partial charge in [0.2, 0.25) is 15.9 Å². The molecule has 0 spiro atoms. The second-order valence-corrected chi connectivity index (χ2v) is 10.4. The Morgan fingerprint density at radius 2 is 1.91 bits per heavy atom. The molecule has 33 heavy (non-hydrogen) atoms. The Bertz CT molecular complexity index is 1430. The molecular formula is C24H26N4O3S2. The fraction of sp³-hybridized carbons (Fsp3) is 0.250. The molecule has 0 saturated heterocycles. The van der Waals surface area contributed by atoms with Crippen molar-refractivity contribution in [2.75, 3.05) is 5.75 Å². The van der Waals surface area contributed by atoms with E-state index in [1.165, 1.54) is 23.9 Å². The molecule has 3 aromatic carbocycles. The van der Waals surface area contributed by atoms with Crippen molar-refractivity contribution >= 4 is 49.5 Å². The number of sulfonamides is 1. The molecule has 3 N–H and O–H groups in total. The van der Waals surface area contributed by atoms with Gasteiger partial charge < -0.3 is 9.88 Å². The van der Waals surface area contributed by atoms with Crippen molar-refractivity contribution in [3.63, 3.8) is 0 Å². The minimum Gasteiger partial charge on any atom is -0.349 e. The largest absolute Gasteiger partial charge is 0.349 e. The number of fused-ring (bicyclic) bond motifs is 2. The van der Waals surface area contributed by atoms with Crippen LogP contribution >= 0.6 is 11.8 Å². The van der Waals surface area contributed by atoms with E-state index in [2.05, 4.69) is 35.4 Å². The number of amides is 1. The van der Waals surface area contributed by atoms with Crippen LogP contribution < -0.4 is 10.5 Å². The van der Waals surface area contributed by atoms with Crippen LogP contribution in [0.4, 0.5) is 0 Å². The third-order valence-electron chi connectivity index (χ3n) is 5.46. The minimum absolute atomic E-state index is 0.0225. The molecular weight excluding hydrogens is 456 g/mol. The number of nitrogens with one attached hydrogen (secondary N) is 1. The van der Waals surface area contributed by atoms with Gasteiger partial charge in [-0.1, -0.05) is 61.2 Å². The maximum absolute atomic E-state index is 12.7. The lowest BCUT2D eigenvalue weighted by atomic mass is 10.00. The average Bonchev–Trinajstić information content (AvgIpc) is 3.13. The lowest BCUT2D eigenvalue weighted by molar-refractivity contribution is -0.119. The van der Waals surface area contributed by atoms with Gasteiger partial charge >= 0.3 is 0 Å². The van der Waals surface area contributed by atoms with E-state index in [1.54, 1.807) is 6.07 Å². The number of carbonyl (C=O) groups excluding carboxylic acids is 1. The maximum Gasteiger partial charge on any atom is 0.238 e. The number of aryl methyl sites for hydroxylation is 1. The van der Waals surface area contributed by atoms with E-state index in [-0.39, 0.29) is 22.6 Å². The molecule has 1 atom stereocenters. The van der Waals surface area contributed by atoms with Crippen molar-refractivity contribution in [3.8, 4) is 0 Å². The Hall–Kier alpha value is -2.88. The lowest BCUT2D eigenvalue weighted by Gasteiger charge is -2.16. The van der Waals surface area contributed by atoms with E-state index in [0.717, 1.165) is 28.3 Å². The van der Waals surface area contributed by atoms with Crippen LogP contribution in [0, 0.1) is 0 Å². The zero-order chi connectivity index (χ0) is 23.6. The van der Waals surface area contributed by atoms with Crippen molar-refractivity contribution in [1.82, 2.24) is 14.9 Å². The Kier molecular flexibility index (Phi) is 6.73. The number of thioether (sulfide) groups is 1. The predicted octanol–water partition coefficient (Wildman–Crippen LogP) is 4.22. The number of benzene rings is 3. The van der Waals surface area contributed by atoms with Crippen molar-refractivity contribution in [1.29, 1.82) is 0 Å². The number of aromatic nitrogens is 2. The first-order valence-corrected chi connectivity index (χ1v) is 13.2. The molecule has 4 rings (SSSR count). The second kappa shape index (κ2) is 9.54. The van der Waals surface area contributed by atoms with E-state index < -0.39 is 10.0 Å². The molecule has 1 aromatic heterocycles. The number of nitrogens with zero attached hydrogens (tertiary/aromatic N) is 2. The van der Waals surface area contributed by atoms with E-state index in [4.69, 9.17) is 5.14 Å². The van der Waals surface area contributed by atoms with Gasteiger partial charge in [0, 0.05) is 6.54 Å². The predicted molar refractivity (Wildman–Crippen MR) is 133 cm³/mol. The Morgan fingerprint density at radius 1 is 1.15 bits per heavy atom. The number of imidazole rings is 1. The summed E-state index contributed by atoms with van der Waals surface area (Å²) in [5, 5.41) is 11.3. The summed E-state index contributed by atoms with van der Waals surface area (Å²) in [6.07, 6.45) is 0.875. The Morgan fingerprint density at radius 3 is 2.67 bits per heavy atom. The fourth-order valence-electron chi connectivity index (χ4n) is 3.93. The molecule has 0 saturated carbocycles. The summed E-state index contributed by atoms with van der Waals surface area (Å²) in [5.41, 5.74) is 2.43. The van der Waals surface area contributed by atoms with Crippen LogP contribution in [-0.4, -0.2) is 29.6 Å². The highest BCUT2D eigenvalue weighted by Crippen LogP contribution is 2.27. The summed E-state index contributed by atoms with van der Waals surface area (Å²) in [5.74, 6) is 0.102. The van der Waals surface area contributed by atoms with Crippen LogP contribution in [0.5, 0.6) is 0 Å². The smallest absolute Gasteiger partial charge is 0.238 e. The molecule has 4 aromatic rings. The van der Waals surface area contributed by atoms with E-state index in [0.29, 0.717) is 17.2 Å². The molecule has 0 radical (unpaired) electrons. The number of hydrogen-bond acceptors (Lipinski definition) is 5. The monoisotopic (exact) mass is 482 g/mol. The summed E-state index contributed by atoms with van der Waals surface area (Å²) in [6.45, 7) is 4.74. The number of carbonyl (C=O) groups is 1. The first-order valence-electron chi connectivity index (χ1n) is 10.7. The van der Waals surface area contributed by atoms with Gasteiger partial charge in [0.1, 0.15) is 0 Å². The van der Waals surface area contributed by atoms with Gasteiger partial charge in [0.05, 0.1) is 27.7 Å². The van der Waals surface area contributed by atoms with Gasteiger partial charge in [0.25, 0.3) is 0 Å². The molecule has 0 aliphatic heterocycles. The SMILES string of the molecule is CCCn1c(SCC(=O)NC(C)c2cccc3ccccc23)nc2cc(S(N)(=O)=O)ccc21. The van der Waals surface area contributed by atoms with Gasteiger partial charge in [-0.3, -0.25) is 4.79 Å². The molecule has 0 aliphatic carbocycles. The fourth-order valence-corrected chi connectivity index (χ4v) is 5.32. The third-order valence-corrected chi connectivity index (χ3v) is 7.35. The zero-order valence-electron chi connectivity index (χ0n) is 18.5. The highest BCUT2D eigenvalue weighted by atomic mass is 32.2. The van der Waals surface area contributed by atoms with Crippen LogP contribution in [0.2, 0.25) is 0 Å². The second-order valence-electron chi connectivity index (χ2n) is 7.89. The summed E-state index contributed by atoms with van der Waals surface area (Å²) >= 11 is 1.33.